The van der Waals surface area contributed by atoms with E-state index < -0.39 is 0 Å². The largest absolute Gasteiger partial charge is 0.383 e. The van der Waals surface area contributed by atoms with Crippen LogP contribution in [0.4, 0.5) is 0 Å². The van der Waals surface area contributed by atoms with Crippen molar-refractivity contribution in [3.63, 3.8) is 0 Å². The molecule has 0 aliphatic carbocycles. The Labute approximate surface area is 129 Å². The highest BCUT2D eigenvalue weighted by atomic mass is 16.5. The van der Waals surface area contributed by atoms with E-state index in [1.54, 1.807) is 0 Å². The lowest BCUT2D eigenvalue weighted by Gasteiger charge is -2.30. The van der Waals surface area contributed by atoms with Gasteiger partial charge in [0, 0.05) is 32.8 Å². The van der Waals surface area contributed by atoms with E-state index in [4.69, 9.17) is 4.74 Å². The number of nitrogens with one attached hydrogen (secondary N) is 1. The number of hydrogen-bond donors (Lipinski definition) is 1. The maximum atomic E-state index is 5.45. The summed E-state index contributed by atoms with van der Waals surface area (Å²) in [5, 5.41) is 3.59. The highest BCUT2D eigenvalue weighted by Gasteiger charge is 2.21. The van der Waals surface area contributed by atoms with E-state index in [2.05, 4.69) is 48.3 Å². The third kappa shape index (κ3) is 5.10. The molecule has 118 valence electrons. The average molecular weight is 290 g/mol. The average Bonchev–Trinajstić information content (AvgIpc) is 2.68. The summed E-state index contributed by atoms with van der Waals surface area (Å²) in [6.07, 6.45) is 2.31. The molecule has 0 fully saturated rings. The van der Waals surface area contributed by atoms with Crippen molar-refractivity contribution in [1.29, 1.82) is 0 Å². The van der Waals surface area contributed by atoms with Crippen molar-refractivity contribution in [3.8, 4) is 0 Å². The van der Waals surface area contributed by atoms with Crippen molar-refractivity contribution in [1.82, 2.24) is 10.2 Å². The molecule has 1 atom stereocenters. The molecular formula is C18H30N2O. The summed E-state index contributed by atoms with van der Waals surface area (Å²) >= 11 is 0. The molecule has 0 aromatic heterocycles. The van der Waals surface area contributed by atoms with E-state index in [0.717, 1.165) is 45.6 Å². The zero-order valence-corrected chi connectivity index (χ0v) is 13.8. The maximum absolute atomic E-state index is 5.45. The van der Waals surface area contributed by atoms with Gasteiger partial charge in [-0.25, -0.2) is 0 Å². The number of rotatable bonds is 7. The van der Waals surface area contributed by atoms with Gasteiger partial charge in [-0.2, -0.15) is 0 Å². The first kappa shape index (κ1) is 16.5. The van der Waals surface area contributed by atoms with Gasteiger partial charge in [-0.3, -0.25) is 4.90 Å². The Kier molecular flexibility index (Phi) is 6.68. The summed E-state index contributed by atoms with van der Waals surface area (Å²) < 4.78 is 5.45. The summed E-state index contributed by atoms with van der Waals surface area (Å²) in [5.41, 5.74) is 3.04. The second-order valence-electron chi connectivity index (χ2n) is 6.47. The van der Waals surface area contributed by atoms with Crippen LogP contribution in [0.25, 0.3) is 0 Å². The first-order valence-corrected chi connectivity index (χ1v) is 8.21. The molecule has 0 saturated carbocycles. The van der Waals surface area contributed by atoms with Gasteiger partial charge in [-0.1, -0.05) is 38.1 Å². The van der Waals surface area contributed by atoms with Crippen molar-refractivity contribution in [2.75, 3.05) is 39.9 Å². The monoisotopic (exact) mass is 290 g/mol. The van der Waals surface area contributed by atoms with Crippen LogP contribution in [0.15, 0.2) is 24.3 Å². The highest BCUT2D eigenvalue weighted by molar-refractivity contribution is 5.28. The molecule has 1 heterocycles. The first-order valence-electron chi connectivity index (χ1n) is 8.21. The lowest BCUT2D eigenvalue weighted by Crippen LogP contribution is -2.46. The lowest BCUT2D eigenvalue weighted by atomic mass is 10.0. The standard InChI is InChI=1S/C18H30N2O/c1-15(2)12-19-13-18(14-21-3)20-10-8-16-6-4-5-7-17(16)9-11-20/h4-7,15,18-19H,8-14H2,1-3H3. The minimum atomic E-state index is 0.475. The van der Waals surface area contributed by atoms with Gasteiger partial charge in [0.15, 0.2) is 0 Å². The minimum absolute atomic E-state index is 0.475. The van der Waals surface area contributed by atoms with Crippen molar-refractivity contribution >= 4 is 0 Å². The summed E-state index contributed by atoms with van der Waals surface area (Å²) in [7, 11) is 1.81. The van der Waals surface area contributed by atoms with Crippen LogP contribution < -0.4 is 5.32 Å². The number of methoxy groups -OCH3 is 1. The predicted molar refractivity (Wildman–Crippen MR) is 88.8 cm³/mol. The van der Waals surface area contributed by atoms with Crippen molar-refractivity contribution in [2.45, 2.75) is 32.7 Å². The number of ether oxygens (including phenoxy) is 1. The number of nitrogens with zero attached hydrogens (tertiary/aromatic N) is 1. The third-order valence-corrected chi connectivity index (χ3v) is 4.26. The topological polar surface area (TPSA) is 24.5 Å². The Morgan fingerprint density at radius 1 is 1.10 bits per heavy atom. The molecule has 2 rings (SSSR count). The molecule has 21 heavy (non-hydrogen) atoms. The molecule has 1 aliphatic heterocycles. The molecule has 0 saturated heterocycles. The normalized spacial score (nSPS) is 17.5. The Morgan fingerprint density at radius 3 is 2.24 bits per heavy atom. The Morgan fingerprint density at radius 2 is 1.71 bits per heavy atom. The molecule has 0 amide bonds. The van der Waals surface area contributed by atoms with Crippen LogP contribution in [0.5, 0.6) is 0 Å². The molecule has 1 aromatic carbocycles. The van der Waals surface area contributed by atoms with Crippen LogP contribution in [0.1, 0.15) is 25.0 Å². The quantitative estimate of drug-likeness (QED) is 0.834. The maximum Gasteiger partial charge on any atom is 0.0630 e. The summed E-state index contributed by atoms with van der Waals surface area (Å²) in [6.45, 7) is 9.67. The van der Waals surface area contributed by atoms with Gasteiger partial charge in [0.05, 0.1) is 6.61 Å². The third-order valence-electron chi connectivity index (χ3n) is 4.26. The lowest BCUT2D eigenvalue weighted by molar-refractivity contribution is 0.0914. The Balaban J connectivity index is 1.92. The van der Waals surface area contributed by atoms with Crippen molar-refractivity contribution < 1.29 is 4.74 Å². The minimum Gasteiger partial charge on any atom is -0.383 e. The van der Waals surface area contributed by atoms with Gasteiger partial charge < -0.3 is 10.1 Å². The van der Waals surface area contributed by atoms with Crippen LogP contribution in [0.2, 0.25) is 0 Å². The molecule has 0 bridgehead atoms. The van der Waals surface area contributed by atoms with Crippen LogP contribution in [-0.2, 0) is 17.6 Å². The van der Waals surface area contributed by atoms with E-state index in [1.165, 1.54) is 11.1 Å². The molecule has 1 unspecified atom stereocenters. The van der Waals surface area contributed by atoms with E-state index >= 15 is 0 Å². The molecule has 1 aromatic rings. The molecule has 3 heteroatoms. The number of fused-ring (bicyclic) bond motifs is 1. The van der Waals surface area contributed by atoms with Gasteiger partial charge >= 0.3 is 0 Å². The zero-order valence-electron chi connectivity index (χ0n) is 13.8. The van der Waals surface area contributed by atoms with E-state index in [-0.39, 0.29) is 0 Å². The zero-order chi connectivity index (χ0) is 15.1. The highest BCUT2D eigenvalue weighted by Crippen LogP contribution is 2.17. The first-order chi connectivity index (χ1) is 10.2. The second kappa shape index (κ2) is 8.52. The van der Waals surface area contributed by atoms with Gasteiger partial charge in [-0.05, 0) is 36.4 Å². The van der Waals surface area contributed by atoms with Gasteiger partial charge in [0.2, 0.25) is 0 Å². The fourth-order valence-corrected chi connectivity index (χ4v) is 3.07. The van der Waals surface area contributed by atoms with Crippen LogP contribution in [0, 0.1) is 5.92 Å². The summed E-state index contributed by atoms with van der Waals surface area (Å²) in [5.74, 6) is 0.696. The Hall–Kier alpha value is -0.900. The predicted octanol–water partition coefficient (Wildman–Crippen LogP) is 2.35. The molecule has 1 N–H and O–H groups in total. The summed E-state index contributed by atoms with van der Waals surface area (Å²) in [6, 6.07) is 9.35. The van der Waals surface area contributed by atoms with Gasteiger partial charge in [-0.15, -0.1) is 0 Å². The Bertz CT molecular complexity index is 392. The van der Waals surface area contributed by atoms with Gasteiger partial charge in [0.25, 0.3) is 0 Å². The fourth-order valence-electron chi connectivity index (χ4n) is 3.07. The molecular weight excluding hydrogens is 260 g/mol. The van der Waals surface area contributed by atoms with Gasteiger partial charge in [0.1, 0.15) is 0 Å². The van der Waals surface area contributed by atoms with Crippen LogP contribution in [-0.4, -0.2) is 50.8 Å². The molecule has 0 spiro atoms. The second-order valence-corrected chi connectivity index (χ2v) is 6.47. The smallest absolute Gasteiger partial charge is 0.0630 e. The van der Waals surface area contributed by atoms with Crippen molar-refractivity contribution in [3.05, 3.63) is 35.4 Å². The molecule has 3 nitrogen and oxygen atoms in total. The van der Waals surface area contributed by atoms with Crippen LogP contribution in [0.3, 0.4) is 0 Å². The fraction of sp³-hybridized carbons (Fsp3) is 0.667. The number of benzene rings is 1. The van der Waals surface area contributed by atoms with Crippen molar-refractivity contribution in [2.24, 2.45) is 5.92 Å². The number of hydrogen-bond acceptors (Lipinski definition) is 3. The van der Waals surface area contributed by atoms with E-state index in [9.17, 15) is 0 Å². The van der Waals surface area contributed by atoms with E-state index in [1.807, 2.05) is 7.11 Å². The van der Waals surface area contributed by atoms with E-state index in [0.29, 0.717) is 12.0 Å². The summed E-state index contributed by atoms with van der Waals surface area (Å²) in [4.78, 5) is 2.59. The van der Waals surface area contributed by atoms with Crippen LogP contribution >= 0.6 is 0 Å². The molecule has 1 aliphatic rings. The SMILES string of the molecule is COCC(CNCC(C)C)N1CCc2ccccc2CC1. The molecule has 0 radical (unpaired) electrons.